The molecule has 9 heterocycles. The van der Waals surface area contributed by atoms with Crippen molar-refractivity contribution in [1.29, 1.82) is 0 Å². The van der Waals surface area contributed by atoms with E-state index in [2.05, 4.69) is 159 Å². The number of pyridine rings is 6. The van der Waals surface area contributed by atoms with E-state index in [1.807, 2.05) is 83.5 Å². The van der Waals surface area contributed by atoms with Crippen molar-refractivity contribution in [2.24, 2.45) is 0 Å². The van der Waals surface area contributed by atoms with Crippen LogP contribution in [0.3, 0.4) is 0 Å². The maximum atomic E-state index is 12.2. The summed E-state index contributed by atoms with van der Waals surface area (Å²) in [6, 6.07) is 42.9. The first-order chi connectivity index (χ1) is 46.0. The minimum atomic E-state index is -1.16. The molecule has 494 valence electrons. The van der Waals surface area contributed by atoms with Gasteiger partial charge in [-0.2, -0.15) is 5.10 Å². The lowest BCUT2D eigenvalue weighted by molar-refractivity contribution is 0.00578. The predicted molar refractivity (Wildman–Crippen MR) is 403 cm³/mol. The van der Waals surface area contributed by atoms with Crippen molar-refractivity contribution >= 4 is 181 Å². The van der Waals surface area contributed by atoms with Gasteiger partial charge in [-0.05, 0) is 171 Å². The molecule has 19 nitrogen and oxygen atoms in total. The second kappa shape index (κ2) is 32.6. The lowest BCUT2D eigenvalue weighted by Crippen LogP contribution is -2.41. The SMILES string of the molecule is CC1(C)OB(c2ccc3c(c2)c(-c2nc4ccccc4[nH]2)nn3COCC[Si](C)(C)C)OC1(C)C.Cl.Nc1cccc2c(Br)cncc12.O=C(Cl)c1cccnc1.O=C(Nc1cccc2c(Br)cncc12)c1cccnc1.O=C(Nc1cccc2c(Br)cncc12)c1cccnc1. The van der Waals surface area contributed by atoms with Gasteiger partial charge in [0.2, 0.25) is 0 Å². The molecule has 13 aromatic rings. The Balaban J connectivity index is 0.000000153. The highest BCUT2D eigenvalue weighted by Crippen LogP contribution is 2.38. The lowest BCUT2D eigenvalue weighted by Gasteiger charge is -2.32. The van der Waals surface area contributed by atoms with Crippen LogP contribution in [0.4, 0.5) is 17.1 Å². The van der Waals surface area contributed by atoms with Crippen molar-refractivity contribution in [3.8, 4) is 11.5 Å². The summed E-state index contributed by atoms with van der Waals surface area (Å²) >= 11 is 15.5. The third kappa shape index (κ3) is 18.3. The molecule has 1 saturated heterocycles. The largest absolute Gasteiger partial charge is 0.494 e. The molecule has 1 aliphatic heterocycles. The number of ether oxygens (including phenoxy) is 1. The van der Waals surface area contributed by atoms with Crippen molar-refractivity contribution in [2.45, 2.75) is 71.3 Å². The van der Waals surface area contributed by atoms with Crippen LogP contribution >= 0.6 is 71.8 Å². The van der Waals surface area contributed by atoms with Crippen LogP contribution in [0.2, 0.25) is 25.7 Å². The van der Waals surface area contributed by atoms with E-state index in [-0.39, 0.29) is 24.2 Å². The molecule has 26 heteroatoms. The first-order valence-electron chi connectivity index (χ1n) is 30.3. The van der Waals surface area contributed by atoms with Crippen LogP contribution in [0, 0.1) is 0 Å². The number of amides is 2. The number of nitrogen functional groups attached to an aromatic ring is 1. The van der Waals surface area contributed by atoms with Crippen molar-refractivity contribution in [1.82, 2.24) is 49.7 Å². The number of para-hydroxylation sites is 2. The number of hydrogen-bond acceptors (Lipinski definition) is 15. The highest BCUT2D eigenvalue weighted by atomic mass is 79.9. The van der Waals surface area contributed by atoms with Crippen LogP contribution in [-0.4, -0.2) is 99.7 Å². The fourth-order valence-electron chi connectivity index (χ4n) is 9.77. The van der Waals surface area contributed by atoms with Gasteiger partial charge in [0.05, 0.1) is 55.8 Å². The first-order valence-corrected chi connectivity index (χ1v) is 36.7. The number of nitrogens with zero attached hydrogens (tertiary/aromatic N) is 9. The fourth-order valence-corrected chi connectivity index (χ4v) is 12.0. The van der Waals surface area contributed by atoms with Crippen LogP contribution in [0.25, 0.3) is 65.8 Å². The quantitative estimate of drug-likeness (QED) is 0.0384. The van der Waals surface area contributed by atoms with Gasteiger partial charge in [-0.25, -0.2) is 9.67 Å². The van der Waals surface area contributed by atoms with Gasteiger partial charge in [-0.1, -0.05) is 80.3 Å². The summed E-state index contributed by atoms with van der Waals surface area (Å²) in [5.74, 6) is 0.360. The van der Waals surface area contributed by atoms with Gasteiger partial charge >= 0.3 is 7.12 Å². The van der Waals surface area contributed by atoms with Crippen LogP contribution in [-0.2, 0) is 20.8 Å². The standard InChI is InChI=1S/C26H35BN4O3Si.2C15H10BrN3O.C9H7BrN2.C6H4ClNO.ClH/c1-25(2)26(3,4)34-27(33-25)18-12-13-22-19(16-18)23(24-28-20-10-8-9-11-21(20)29-24)30-31(22)17-32-14-15-35(5,6)7;2*16-13-9-18-8-12-11(13)4-1-5-14(12)19-15(20)10-3-2-6-17-7-10;10-8-5-12-4-7-6(8)2-1-3-9(7)11;7-6(9)5-2-1-3-8-4-5;/h8-13,16H,14-15,17H2,1-7H3,(H,28,29);2*1-9H,(H,19,20);1-5H,11H2;1-4H;1H. The molecule has 5 N–H and O–H groups in total. The number of hydrogen-bond donors (Lipinski definition) is 4. The van der Waals surface area contributed by atoms with Gasteiger partial charge in [-0.15, -0.1) is 12.4 Å². The number of halogens is 5. The zero-order chi connectivity index (χ0) is 68.2. The number of benzene rings is 5. The topological polar surface area (TPSA) is 253 Å². The molecule has 0 aliphatic carbocycles. The third-order valence-corrected chi connectivity index (χ3v) is 19.5. The Morgan fingerprint density at radius 1 is 0.588 bits per heavy atom. The average Bonchev–Trinajstić information content (AvgIpc) is 1.61. The number of H-pyrrole nitrogens is 1. The zero-order valence-electron chi connectivity index (χ0n) is 53.8. The van der Waals surface area contributed by atoms with Gasteiger partial charge in [-0.3, -0.25) is 44.3 Å². The van der Waals surface area contributed by atoms with Gasteiger partial charge < -0.3 is 35.4 Å². The van der Waals surface area contributed by atoms with E-state index in [4.69, 9.17) is 41.5 Å². The number of aromatic nitrogens is 10. The number of aromatic amines is 1. The molecule has 0 unspecified atom stereocenters. The minimum Gasteiger partial charge on any atom is -0.399 e. The summed E-state index contributed by atoms with van der Waals surface area (Å²) in [6.45, 7) is 16.5. The number of nitrogens with one attached hydrogen (secondary N) is 3. The summed E-state index contributed by atoms with van der Waals surface area (Å²) in [7, 11) is -1.60. The smallest absolute Gasteiger partial charge is 0.399 e. The van der Waals surface area contributed by atoms with E-state index in [1.165, 1.54) is 18.6 Å². The summed E-state index contributed by atoms with van der Waals surface area (Å²) in [5.41, 5.74) is 13.3. The van der Waals surface area contributed by atoms with E-state index in [0.29, 0.717) is 23.4 Å². The molecule has 0 bridgehead atoms. The Morgan fingerprint density at radius 2 is 1.08 bits per heavy atom. The molecule has 1 aliphatic rings. The first kappa shape index (κ1) is 72.6. The maximum absolute atomic E-state index is 12.2. The van der Waals surface area contributed by atoms with Gasteiger partial charge in [0.1, 0.15) is 12.4 Å². The Hall–Kier alpha value is -8.69. The lowest BCUT2D eigenvalue weighted by atomic mass is 9.78. The van der Waals surface area contributed by atoms with E-state index < -0.39 is 31.6 Å². The number of carbonyl (C=O) groups excluding carboxylic acids is 3. The molecule has 8 aromatic heterocycles. The summed E-state index contributed by atoms with van der Waals surface area (Å²) in [5, 5.41) is 17.1. The van der Waals surface area contributed by atoms with Crippen LogP contribution < -0.4 is 21.8 Å². The normalized spacial score (nSPS) is 12.8. The molecule has 0 radical (unpaired) electrons. The van der Waals surface area contributed by atoms with Crippen molar-refractivity contribution in [3.05, 3.63) is 238 Å². The molecule has 1 fully saturated rings. The van der Waals surface area contributed by atoms with Crippen molar-refractivity contribution < 1.29 is 28.4 Å². The summed E-state index contributed by atoms with van der Waals surface area (Å²) in [6.07, 6.45) is 19.8. The Kier molecular flexibility index (Phi) is 24.4. The van der Waals surface area contributed by atoms with Gasteiger partial charge in [0, 0.05) is 146 Å². The van der Waals surface area contributed by atoms with Gasteiger partial charge in [0.25, 0.3) is 17.1 Å². The molecule has 5 aromatic carbocycles. The molecule has 0 spiro atoms. The summed E-state index contributed by atoms with van der Waals surface area (Å²) < 4.78 is 23.4. The molecule has 97 heavy (non-hydrogen) atoms. The van der Waals surface area contributed by atoms with E-state index in [0.717, 1.165) is 114 Å². The fraction of sp³-hybridized carbons (Fsp3) is 0.169. The summed E-state index contributed by atoms with van der Waals surface area (Å²) in [4.78, 5) is 66.9. The van der Waals surface area contributed by atoms with Gasteiger partial charge in [0.15, 0.2) is 5.82 Å². The van der Waals surface area contributed by atoms with Crippen molar-refractivity contribution in [3.63, 3.8) is 0 Å². The Morgan fingerprint density at radius 3 is 1.56 bits per heavy atom. The van der Waals surface area contributed by atoms with Crippen LogP contribution in [0.1, 0.15) is 58.8 Å². The number of imidazole rings is 1. The molecular formula is C71H67BBr3Cl2N13O6Si. The zero-order valence-corrected chi connectivity index (χ0v) is 61.1. The van der Waals surface area contributed by atoms with Crippen LogP contribution in [0.5, 0.6) is 0 Å². The third-order valence-electron chi connectivity index (χ3n) is 15.7. The Bertz CT molecular complexity index is 4680. The molecule has 14 rings (SSSR count). The van der Waals surface area contributed by atoms with E-state index in [9.17, 15) is 14.4 Å². The molecule has 0 saturated carbocycles. The van der Waals surface area contributed by atoms with Crippen molar-refractivity contribution in [2.75, 3.05) is 23.0 Å². The number of anilines is 3. The number of carbonyl (C=O) groups is 3. The van der Waals surface area contributed by atoms with E-state index in [1.54, 1.807) is 92.2 Å². The minimum absolute atomic E-state index is 0. The maximum Gasteiger partial charge on any atom is 0.494 e. The average molecular weight is 1550 g/mol. The molecule has 2 amide bonds. The molecule has 0 atom stereocenters. The number of fused-ring (bicyclic) bond motifs is 5. The Labute approximate surface area is 598 Å². The monoisotopic (exact) mass is 1540 g/mol. The number of nitrogens with two attached hydrogens (primary N) is 1. The number of rotatable bonds is 12. The highest BCUT2D eigenvalue weighted by Gasteiger charge is 2.51. The predicted octanol–water partition coefficient (Wildman–Crippen LogP) is 16.9. The van der Waals surface area contributed by atoms with E-state index >= 15 is 0 Å². The van der Waals surface area contributed by atoms with Crippen LogP contribution in [0.15, 0.2) is 221 Å². The highest BCUT2D eigenvalue weighted by molar-refractivity contribution is 9.11. The molecular weight excluding hydrogens is 1480 g/mol. The second-order valence-electron chi connectivity index (χ2n) is 24.2. The second-order valence-corrected chi connectivity index (χ2v) is 32.7.